The predicted molar refractivity (Wildman–Crippen MR) is 52.4 cm³/mol. The first-order valence-corrected chi connectivity index (χ1v) is 5.33. The van der Waals surface area contributed by atoms with Crippen molar-refractivity contribution in [1.29, 1.82) is 0 Å². The van der Waals surface area contributed by atoms with E-state index in [1.165, 1.54) is 12.8 Å². The molecule has 13 heavy (non-hydrogen) atoms. The average molecular weight is 184 g/mol. The molecule has 0 spiro atoms. The molecule has 0 radical (unpaired) electrons. The highest BCUT2D eigenvalue weighted by Gasteiger charge is 2.45. The Labute approximate surface area is 79.9 Å². The number of rotatable bonds is 3. The van der Waals surface area contributed by atoms with Crippen LogP contribution in [0.25, 0.3) is 0 Å². The largest absolute Gasteiger partial charge is 0.388 e. The molecule has 2 unspecified atom stereocenters. The van der Waals surface area contributed by atoms with E-state index in [0.717, 1.165) is 25.4 Å². The zero-order valence-electron chi connectivity index (χ0n) is 8.37. The molecular formula is C10H20N2O. The molecule has 76 valence electrons. The van der Waals surface area contributed by atoms with Gasteiger partial charge in [0.05, 0.1) is 5.60 Å². The third-order valence-corrected chi connectivity index (χ3v) is 3.34. The van der Waals surface area contributed by atoms with Crippen molar-refractivity contribution in [3.63, 3.8) is 0 Å². The molecule has 2 fully saturated rings. The summed E-state index contributed by atoms with van der Waals surface area (Å²) < 4.78 is 0. The fraction of sp³-hybridized carbons (Fsp3) is 1.00. The lowest BCUT2D eigenvalue weighted by Crippen LogP contribution is -2.36. The minimum atomic E-state index is -0.489. The van der Waals surface area contributed by atoms with E-state index < -0.39 is 5.60 Å². The van der Waals surface area contributed by atoms with E-state index in [1.54, 1.807) is 0 Å². The SMILES string of the molecule is CC1CC(O)(CCN)CN1C1CC1. The average Bonchev–Trinajstić information content (AvgIpc) is 2.79. The first-order valence-electron chi connectivity index (χ1n) is 5.33. The number of β-amino-alcohol motifs (C(OH)–C–C–N with tert-alkyl or cyclic N) is 1. The fourth-order valence-corrected chi connectivity index (χ4v) is 2.57. The molecule has 3 heteroatoms. The van der Waals surface area contributed by atoms with Crippen LogP contribution in [0.4, 0.5) is 0 Å². The van der Waals surface area contributed by atoms with Gasteiger partial charge in [-0.15, -0.1) is 0 Å². The number of hydrogen-bond acceptors (Lipinski definition) is 3. The molecule has 1 aliphatic heterocycles. The van der Waals surface area contributed by atoms with Gasteiger partial charge in [0, 0.05) is 18.6 Å². The highest BCUT2D eigenvalue weighted by molar-refractivity contribution is 5.00. The Balaban J connectivity index is 1.96. The minimum absolute atomic E-state index is 0.489. The fourth-order valence-electron chi connectivity index (χ4n) is 2.57. The first kappa shape index (κ1) is 9.44. The van der Waals surface area contributed by atoms with E-state index >= 15 is 0 Å². The van der Waals surface area contributed by atoms with Crippen LogP contribution < -0.4 is 5.73 Å². The van der Waals surface area contributed by atoms with E-state index in [9.17, 15) is 5.11 Å². The maximum atomic E-state index is 10.2. The van der Waals surface area contributed by atoms with Crippen LogP contribution in [0.2, 0.25) is 0 Å². The Bertz CT molecular complexity index is 193. The first-order chi connectivity index (χ1) is 6.14. The maximum Gasteiger partial charge on any atom is 0.0801 e. The molecule has 3 nitrogen and oxygen atoms in total. The van der Waals surface area contributed by atoms with Gasteiger partial charge in [0.2, 0.25) is 0 Å². The summed E-state index contributed by atoms with van der Waals surface area (Å²) in [6.45, 7) is 3.66. The second kappa shape index (κ2) is 3.23. The standard InChI is InChI=1S/C10H20N2O/c1-8-6-10(13,4-5-11)7-12(8)9-2-3-9/h8-9,13H,2-7,11H2,1H3. The van der Waals surface area contributed by atoms with Gasteiger partial charge in [-0.05, 0) is 39.2 Å². The summed E-state index contributed by atoms with van der Waals surface area (Å²) in [7, 11) is 0. The summed E-state index contributed by atoms with van der Waals surface area (Å²) in [4.78, 5) is 2.45. The van der Waals surface area contributed by atoms with Crippen molar-refractivity contribution in [2.24, 2.45) is 5.73 Å². The van der Waals surface area contributed by atoms with Crippen LogP contribution in [0.15, 0.2) is 0 Å². The number of likely N-dealkylation sites (tertiary alicyclic amines) is 1. The van der Waals surface area contributed by atoms with Crippen molar-refractivity contribution >= 4 is 0 Å². The Kier molecular flexibility index (Phi) is 2.34. The molecule has 1 saturated heterocycles. The van der Waals surface area contributed by atoms with Gasteiger partial charge >= 0.3 is 0 Å². The maximum absolute atomic E-state index is 10.2. The van der Waals surface area contributed by atoms with Crippen molar-refractivity contribution in [1.82, 2.24) is 4.90 Å². The summed E-state index contributed by atoms with van der Waals surface area (Å²) in [6, 6.07) is 1.31. The van der Waals surface area contributed by atoms with Crippen molar-refractivity contribution in [3.8, 4) is 0 Å². The molecule has 1 aliphatic carbocycles. The van der Waals surface area contributed by atoms with Crippen LogP contribution in [0.1, 0.15) is 32.6 Å². The van der Waals surface area contributed by atoms with Gasteiger partial charge in [-0.2, -0.15) is 0 Å². The lowest BCUT2D eigenvalue weighted by Gasteiger charge is -2.22. The summed E-state index contributed by atoms with van der Waals surface area (Å²) >= 11 is 0. The molecule has 0 aromatic heterocycles. The minimum Gasteiger partial charge on any atom is -0.388 e. The summed E-state index contributed by atoms with van der Waals surface area (Å²) in [5.74, 6) is 0. The predicted octanol–water partition coefficient (Wildman–Crippen LogP) is 0.323. The number of nitrogens with two attached hydrogens (primary N) is 1. The van der Waals surface area contributed by atoms with Crippen LogP contribution in [0.5, 0.6) is 0 Å². The topological polar surface area (TPSA) is 49.5 Å². The van der Waals surface area contributed by atoms with E-state index in [0.29, 0.717) is 12.6 Å². The van der Waals surface area contributed by atoms with Crippen molar-refractivity contribution in [3.05, 3.63) is 0 Å². The summed E-state index contributed by atoms with van der Waals surface area (Å²) in [5, 5.41) is 10.2. The van der Waals surface area contributed by atoms with Crippen molar-refractivity contribution < 1.29 is 5.11 Å². The highest BCUT2D eigenvalue weighted by Crippen LogP contribution is 2.38. The van der Waals surface area contributed by atoms with Crippen LogP contribution in [-0.2, 0) is 0 Å². The van der Waals surface area contributed by atoms with E-state index in [4.69, 9.17) is 5.73 Å². The quantitative estimate of drug-likeness (QED) is 0.664. The molecule has 1 heterocycles. The molecule has 3 N–H and O–H groups in total. The molecule has 0 amide bonds. The Morgan fingerprint density at radius 2 is 2.23 bits per heavy atom. The van der Waals surface area contributed by atoms with Gasteiger partial charge in [-0.1, -0.05) is 0 Å². The lowest BCUT2D eigenvalue weighted by molar-refractivity contribution is 0.0421. The highest BCUT2D eigenvalue weighted by atomic mass is 16.3. The third-order valence-electron chi connectivity index (χ3n) is 3.34. The van der Waals surface area contributed by atoms with E-state index in [2.05, 4.69) is 11.8 Å². The van der Waals surface area contributed by atoms with E-state index in [1.807, 2.05) is 0 Å². The van der Waals surface area contributed by atoms with Gasteiger partial charge in [0.25, 0.3) is 0 Å². The Hall–Kier alpha value is -0.120. The molecule has 0 aromatic rings. The van der Waals surface area contributed by atoms with Gasteiger partial charge in [0.1, 0.15) is 0 Å². The molecule has 1 saturated carbocycles. The van der Waals surface area contributed by atoms with Crippen molar-refractivity contribution in [2.75, 3.05) is 13.1 Å². The van der Waals surface area contributed by atoms with Gasteiger partial charge in [-0.25, -0.2) is 0 Å². The van der Waals surface area contributed by atoms with Gasteiger partial charge < -0.3 is 10.8 Å². The third kappa shape index (κ3) is 1.87. The molecular weight excluding hydrogens is 164 g/mol. The van der Waals surface area contributed by atoms with Gasteiger partial charge in [0.15, 0.2) is 0 Å². The van der Waals surface area contributed by atoms with Crippen LogP contribution >= 0.6 is 0 Å². The second-order valence-electron chi connectivity index (χ2n) is 4.72. The van der Waals surface area contributed by atoms with Crippen LogP contribution in [0, 0.1) is 0 Å². The molecule has 2 rings (SSSR count). The molecule has 2 atom stereocenters. The van der Waals surface area contributed by atoms with E-state index in [-0.39, 0.29) is 0 Å². The van der Waals surface area contributed by atoms with Gasteiger partial charge in [-0.3, -0.25) is 4.90 Å². The number of nitrogens with zero attached hydrogens (tertiary/aromatic N) is 1. The Morgan fingerprint density at radius 3 is 2.77 bits per heavy atom. The zero-order chi connectivity index (χ0) is 9.47. The molecule has 2 aliphatic rings. The summed E-state index contributed by atoms with van der Waals surface area (Å²) in [6.07, 6.45) is 4.30. The van der Waals surface area contributed by atoms with Crippen molar-refractivity contribution in [2.45, 2.75) is 50.3 Å². The Morgan fingerprint density at radius 1 is 1.54 bits per heavy atom. The zero-order valence-corrected chi connectivity index (χ0v) is 8.37. The van der Waals surface area contributed by atoms with Crippen LogP contribution in [0.3, 0.4) is 0 Å². The lowest BCUT2D eigenvalue weighted by atomic mass is 9.97. The molecule has 0 aromatic carbocycles. The normalized spacial score (nSPS) is 41.3. The summed E-state index contributed by atoms with van der Waals surface area (Å²) in [5.41, 5.74) is 5.01. The number of aliphatic hydroxyl groups is 1. The smallest absolute Gasteiger partial charge is 0.0801 e. The second-order valence-corrected chi connectivity index (χ2v) is 4.72. The monoisotopic (exact) mass is 184 g/mol. The number of hydrogen-bond donors (Lipinski definition) is 2. The molecule has 0 bridgehead atoms. The van der Waals surface area contributed by atoms with Crippen LogP contribution in [-0.4, -0.2) is 40.8 Å².